The molecule has 1 aromatic carbocycles. The molecular formula is C20H24Cl2N4O. The van der Waals surface area contributed by atoms with E-state index in [9.17, 15) is 0 Å². The molecule has 0 unspecified atom stereocenters. The van der Waals surface area contributed by atoms with Crippen LogP contribution in [0.5, 0.6) is 5.88 Å². The van der Waals surface area contributed by atoms with E-state index in [-0.39, 0.29) is 0 Å². The first-order valence-corrected chi connectivity index (χ1v) is 10.3. The maximum absolute atomic E-state index is 6.06. The predicted molar refractivity (Wildman–Crippen MR) is 109 cm³/mol. The van der Waals surface area contributed by atoms with E-state index in [1.165, 1.54) is 25.9 Å². The van der Waals surface area contributed by atoms with E-state index in [1.807, 2.05) is 18.2 Å². The number of hydrogen-bond acceptors (Lipinski definition) is 5. The van der Waals surface area contributed by atoms with Gasteiger partial charge in [0.1, 0.15) is 18.8 Å². The molecule has 5 nitrogen and oxygen atoms in total. The maximum Gasteiger partial charge on any atom is 0.218 e. The van der Waals surface area contributed by atoms with E-state index in [4.69, 9.17) is 27.9 Å². The van der Waals surface area contributed by atoms with Crippen LogP contribution < -0.4 is 9.64 Å². The SMILES string of the molecule is Clc1ccc(COc2cc(N3CCCN(CC4CC4)CC3)ncn2)cc1Cl. The lowest BCUT2D eigenvalue weighted by Crippen LogP contribution is -2.32. The van der Waals surface area contributed by atoms with E-state index in [2.05, 4.69) is 19.8 Å². The zero-order valence-corrected chi connectivity index (χ0v) is 16.8. The third-order valence-electron chi connectivity index (χ3n) is 5.12. The number of ether oxygens (including phenoxy) is 1. The minimum Gasteiger partial charge on any atom is -0.473 e. The molecule has 2 heterocycles. The number of anilines is 1. The zero-order chi connectivity index (χ0) is 18.6. The van der Waals surface area contributed by atoms with Crippen LogP contribution in [0.1, 0.15) is 24.8 Å². The summed E-state index contributed by atoms with van der Waals surface area (Å²) in [6, 6.07) is 7.42. The fraction of sp³-hybridized carbons (Fsp3) is 0.500. The lowest BCUT2D eigenvalue weighted by Gasteiger charge is -2.22. The van der Waals surface area contributed by atoms with Gasteiger partial charge >= 0.3 is 0 Å². The van der Waals surface area contributed by atoms with Gasteiger partial charge in [-0.25, -0.2) is 9.97 Å². The topological polar surface area (TPSA) is 41.5 Å². The molecule has 0 atom stereocenters. The Balaban J connectivity index is 1.35. The Bertz CT molecular complexity index is 784. The molecule has 144 valence electrons. The van der Waals surface area contributed by atoms with Crippen molar-refractivity contribution < 1.29 is 4.74 Å². The van der Waals surface area contributed by atoms with Crippen molar-refractivity contribution >= 4 is 29.0 Å². The molecule has 2 aliphatic rings. The van der Waals surface area contributed by atoms with Crippen molar-refractivity contribution in [2.24, 2.45) is 5.92 Å². The molecule has 0 amide bonds. The molecule has 0 spiro atoms. The second-order valence-electron chi connectivity index (χ2n) is 7.34. The van der Waals surface area contributed by atoms with Crippen LogP contribution in [-0.4, -0.2) is 47.6 Å². The molecule has 7 heteroatoms. The molecule has 2 fully saturated rings. The summed E-state index contributed by atoms with van der Waals surface area (Å²) in [5.74, 6) is 2.45. The number of benzene rings is 1. The van der Waals surface area contributed by atoms with Crippen LogP contribution in [0.15, 0.2) is 30.6 Å². The number of halogens is 2. The summed E-state index contributed by atoms with van der Waals surface area (Å²) in [7, 11) is 0. The molecule has 1 saturated carbocycles. The summed E-state index contributed by atoms with van der Waals surface area (Å²) in [6.07, 6.45) is 5.56. The summed E-state index contributed by atoms with van der Waals surface area (Å²) in [5, 5.41) is 1.07. The average molecular weight is 407 g/mol. The van der Waals surface area contributed by atoms with Crippen molar-refractivity contribution in [2.45, 2.75) is 25.9 Å². The Morgan fingerprint density at radius 1 is 1.00 bits per heavy atom. The Morgan fingerprint density at radius 3 is 2.70 bits per heavy atom. The second kappa shape index (κ2) is 8.63. The van der Waals surface area contributed by atoms with E-state index < -0.39 is 0 Å². The Labute approximate surface area is 170 Å². The van der Waals surface area contributed by atoms with Gasteiger partial charge in [0.25, 0.3) is 0 Å². The first-order chi connectivity index (χ1) is 13.2. The summed E-state index contributed by atoms with van der Waals surface area (Å²) in [5.41, 5.74) is 0.954. The van der Waals surface area contributed by atoms with Gasteiger partial charge in [-0.2, -0.15) is 0 Å². The largest absolute Gasteiger partial charge is 0.473 e. The van der Waals surface area contributed by atoms with Gasteiger partial charge in [-0.15, -0.1) is 0 Å². The lowest BCUT2D eigenvalue weighted by molar-refractivity contribution is 0.281. The molecule has 1 saturated heterocycles. The highest BCUT2D eigenvalue weighted by atomic mass is 35.5. The lowest BCUT2D eigenvalue weighted by atomic mass is 10.2. The molecule has 1 aliphatic carbocycles. The van der Waals surface area contributed by atoms with E-state index in [0.29, 0.717) is 22.5 Å². The molecule has 27 heavy (non-hydrogen) atoms. The van der Waals surface area contributed by atoms with Gasteiger partial charge in [0, 0.05) is 32.2 Å². The molecule has 1 aromatic heterocycles. The highest BCUT2D eigenvalue weighted by Gasteiger charge is 2.25. The van der Waals surface area contributed by atoms with Gasteiger partial charge in [0.2, 0.25) is 5.88 Å². The predicted octanol–water partition coefficient (Wildman–Crippen LogP) is 4.28. The summed E-state index contributed by atoms with van der Waals surface area (Å²) in [4.78, 5) is 13.6. The van der Waals surface area contributed by atoms with E-state index in [0.717, 1.165) is 43.4 Å². The third-order valence-corrected chi connectivity index (χ3v) is 5.86. The standard InChI is InChI=1S/C20H24Cl2N4O/c21-17-5-4-16(10-18(17)22)13-27-20-11-19(23-14-24-20)26-7-1-6-25(8-9-26)12-15-2-3-15/h4-5,10-11,14-15H,1-3,6-9,12-13H2. The molecule has 1 aliphatic heterocycles. The van der Waals surface area contributed by atoms with Crippen molar-refractivity contribution in [1.82, 2.24) is 14.9 Å². The molecule has 4 rings (SSSR count). The molecule has 0 bridgehead atoms. The highest BCUT2D eigenvalue weighted by molar-refractivity contribution is 6.42. The second-order valence-corrected chi connectivity index (χ2v) is 8.15. The van der Waals surface area contributed by atoms with Gasteiger partial charge in [-0.05, 0) is 49.4 Å². The monoisotopic (exact) mass is 406 g/mol. The van der Waals surface area contributed by atoms with Crippen LogP contribution in [0.3, 0.4) is 0 Å². The van der Waals surface area contributed by atoms with Gasteiger partial charge in [-0.1, -0.05) is 29.3 Å². The molecular weight excluding hydrogens is 383 g/mol. The third kappa shape index (κ3) is 5.24. The van der Waals surface area contributed by atoms with Crippen LogP contribution in [0.4, 0.5) is 5.82 Å². The minimum atomic E-state index is 0.391. The van der Waals surface area contributed by atoms with Crippen molar-refractivity contribution in [3.05, 3.63) is 46.2 Å². The maximum atomic E-state index is 6.06. The van der Waals surface area contributed by atoms with Crippen molar-refractivity contribution in [3.8, 4) is 5.88 Å². The van der Waals surface area contributed by atoms with Crippen LogP contribution in [-0.2, 0) is 6.61 Å². The first-order valence-electron chi connectivity index (χ1n) is 9.53. The minimum absolute atomic E-state index is 0.391. The van der Waals surface area contributed by atoms with Crippen LogP contribution in [0, 0.1) is 5.92 Å². The number of rotatable bonds is 6. The molecule has 2 aromatic rings. The van der Waals surface area contributed by atoms with Gasteiger partial charge in [0.15, 0.2) is 0 Å². The summed E-state index contributed by atoms with van der Waals surface area (Å²) >= 11 is 12.0. The van der Waals surface area contributed by atoms with Gasteiger partial charge in [0.05, 0.1) is 10.0 Å². The van der Waals surface area contributed by atoms with Crippen molar-refractivity contribution in [1.29, 1.82) is 0 Å². The van der Waals surface area contributed by atoms with E-state index in [1.54, 1.807) is 12.4 Å². The number of nitrogens with zero attached hydrogens (tertiary/aromatic N) is 4. The fourth-order valence-corrected chi connectivity index (χ4v) is 3.74. The number of aromatic nitrogens is 2. The normalized spacial score (nSPS) is 18.4. The summed E-state index contributed by atoms with van der Waals surface area (Å²) < 4.78 is 5.84. The van der Waals surface area contributed by atoms with Crippen molar-refractivity contribution in [3.63, 3.8) is 0 Å². The molecule has 0 radical (unpaired) electrons. The average Bonchev–Trinajstić information content (AvgIpc) is 3.51. The van der Waals surface area contributed by atoms with Gasteiger partial charge in [-0.3, -0.25) is 0 Å². The number of hydrogen-bond donors (Lipinski definition) is 0. The van der Waals surface area contributed by atoms with Crippen LogP contribution in [0.25, 0.3) is 0 Å². The Kier molecular flexibility index (Phi) is 6.01. The summed E-state index contributed by atoms with van der Waals surface area (Å²) in [6.45, 7) is 5.94. The van der Waals surface area contributed by atoms with Crippen molar-refractivity contribution in [2.75, 3.05) is 37.6 Å². The van der Waals surface area contributed by atoms with Gasteiger partial charge < -0.3 is 14.5 Å². The Morgan fingerprint density at radius 2 is 1.89 bits per heavy atom. The van der Waals surface area contributed by atoms with Crippen LogP contribution in [0.2, 0.25) is 10.0 Å². The quantitative estimate of drug-likeness (QED) is 0.715. The Hall–Kier alpha value is -1.56. The molecule has 0 N–H and O–H groups in total. The zero-order valence-electron chi connectivity index (χ0n) is 15.3. The smallest absolute Gasteiger partial charge is 0.218 e. The van der Waals surface area contributed by atoms with Crippen LogP contribution >= 0.6 is 23.2 Å². The fourth-order valence-electron chi connectivity index (χ4n) is 3.42. The van der Waals surface area contributed by atoms with E-state index >= 15 is 0 Å². The highest BCUT2D eigenvalue weighted by Crippen LogP contribution is 2.30. The first kappa shape index (κ1) is 18.8.